The van der Waals surface area contributed by atoms with Gasteiger partial charge in [0.1, 0.15) is 5.75 Å². The Morgan fingerprint density at radius 3 is 2.70 bits per heavy atom. The van der Waals surface area contributed by atoms with E-state index in [4.69, 9.17) is 5.73 Å². The number of carbonyl (C=O) groups excluding carboxylic acids is 1. The van der Waals surface area contributed by atoms with Crippen LogP contribution in [-0.4, -0.2) is 22.5 Å². The molecule has 1 aromatic carbocycles. The van der Waals surface area contributed by atoms with Gasteiger partial charge in [0.25, 0.3) is 5.91 Å². The van der Waals surface area contributed by atoms with Crippen molar-refractivity contribution in [2.45, 2.75) is 13.3 Å². The van der Waals surface area contributed by atoms with Crippen LogP contribution in [0.25, 0.3) is 0 Å². The van der Waals surface area contributed by atoms with Crippen LogP contribution in [0, 0.1) is 6.92 Å². The smallest absolute Gasteiger partial charge is 0.254 e. The first kappa shape index (κ1) is 13.9. The Bertz CT molecular complexity index is 609. The van der Waals surface area contributed by atoms with E-state index in [9.17, 15) is 9.90 Å². The normalized spacial score (nSPS) is 10.2. The minimum Gasteiger partial charge on any atom is -0.508 e. The molecule has 0 bridgehead atoms. The van der Waals surface area contributed by atoms with E-state index in [-0.39, 0.29) is 11.7 Å². The second-order valence-electron chi connectivity index (χ2n) is 4.59. The van der Waals surface area contributed by atoms with Crippen LogP contribution in [0.3, 0.4) is 0 Å². The average molecular weight is 271 g/mol. The maximum atomic E-state index is 12.0. The lowest BCUT2D eigenvalue weighted by Gasteiger charge is -2.08. The van der Waals surface area contributed by atoms with Crippen molar-refractivity contribution in [1.29, 1.82) is 0 Å². The van der Waals surface area contributed by atoms with Crippen LogP contribution >= 0.6 is 0 Å². The highest BCUT2D eigenvalue weighted by Gasteiger charge is 2.09. The van der Waals surface area contributed by atoms with Gasteiger partial charge in [0, 0.05) is 24.1 Å². The number of aromatic nitrogens is 1. The van der Waals surface area contributed by atoms with Crippen LogP contribution in [0.2, 0.25) is 0 Å². The predicted molar refractivity (Wildman–Crippen MR) is 77.5 cm³/mol. The molecule has 0 unspecified atom stereocenters. The third-order valence-corrected chi connectivity index (χ3v) is 2.95. The van der Waals surface area contributed by atoms with Gasteiger partial charge >= 0.3 is 0 Å². The van der Waals surface area contributed by atoms with Gasteiger partial charge in [-0.15, -0.1) is 0 Å². The van der Waals surface area contributed by atoms with Crippen molar-refractivity contribution < 1.29 is 9.90 Å². The quantitative estimate of drug-likeness (QED) is 0.789. The van der Waals surface area contributed by atoms with E-state index in [0.717, 1.165) is 11.3 Å². The number of amides is 1. The lowest BCUT2D eigenvalue weighted by atomic mass is 10.1. The minimum absolute atomic E-state index is 0.228. The standard InChI is InChI=1S/C15H17N3O2/c1-10-8-14(16)13(9-18-10)15(20)17-7-6-11-2-4-12(19)5-3-11/h2-5,8-9,19H,6-7H2,1H3,(H2,16,18)(H,17,20). The lowest BCUT2D eigenvalue weighted by molar-refractivity contribution is 0.0954. The Hall–Kier alpha value is -2.56. The summed E-state index contributed by atoms with van der Waals surface area (Å²) in [5.41, 5.74) is 8.43. The fraction of sp³-hybridized carbons (Fsp3) is 0.200. The predicted octanol–water partition coefficient (Wildman–Crippen LogP) is 1.65. The third kappa shape index (κ3) is 3.47. The molecular formula is C15H17N3O2. The van der Waals surface area contributed by atoms with E-state index < -0.39 is 0 Å². The first-order valence-corrected chi connectivity index (χ1v) is 6.34. The van der Waals surface area contributed by atoms with Crippen LogP contribution < -0.4 is 11.1 Å². The Labute approximate surface area is 117 Å². The molecule has 4 N–H and O–H groups in total. The Balaban J connectivity index is 1.90. The van der Waals surface area contributed by atoms with Gasteiger partial charge in [-0.1, -0.05) is 12.1 Å². The summed E-state index contributed by atoms with van der Waals surface area (Å²) in [6.07, 6.45) is 2.17. The molecule has 1 aromatic heterocycles. The van der Waals surface area contributed by atoms with E-state index in [1.807, 2.05) is 19.1 Å². The first-order chi connectivity index (χ1) is 9.56. The SMILES string of the molecule is Cc1cc(N)c(C(=O)NCCc2ccc(O)cc2)cn1. The van der Waals surface area contributed by atoms with Gasteiger partial charge in [-0.3, -0.25) is 9.78 Å². The van der Waals surface area contributed by atoms with Crippen molar-refractivity contribution in [3.63, 3.8) is 0 Å². The number of aryl methyl sites for hydroxylation is 1. The number of nitrogens with one attached hydrogen (secondary N) is 1. The largest absolute Gasteiger partial charge is 0.508 e. The number of aromatic hydroxyl groups is 1. The molecule has 0 aliphatic carbocycles. The summed E-state index contributed by atoms with van der Waals surface area (Å²) < 4.78 is 0. The van der Waals surface area contributed by atoms with Gasteiger partial charge in [0.15, 0.2) is 0 Å². The number of anilines is 1. The van der Waals surface area contributed by atoms with Crippen LogP contribution in [0.5, 0.6) is 5.75 Å². The van der Waals surface area contributed by atoms with Gasteiger partial charge < -0.3 is 16.2 Å². The van der Waals surface area contributed by atoms with Crippen molar-refractivity contribution in [2.75, 3.05) is 12.3 Å². The molecule has 0 saturated heterocycles. The van der Waals surface area contributed by atoms with Crippen LogP contribution in [-0.2, 0) is 6.42 Å². The van der Waals surface area contributed by atoms with Gasteiger partial charge in [-0.25, -0.2) is 0 Å². The van der Waals surface area contributed by atoms with Crippen molar-refractivity contribution in [3.05, 3.63) is 53.3 Å². The minimum atomic E-state index is -0.228. The summed E-state index contributed by atoms with van der Waals surface area (Å²) in [5, 5.41) is 12.0. The number of rotatable bonds is 4. The summed E-state index contributed by atoms with van der Waals surface area (Å²) in [4.78, 5) is 16.0. The summed E-state index contributed by atoms with van der Waals surface area (Å²) in [6, 6.07) is 8.57. The Kier molecular flexibility index (Phi) is 4.20. The van der Waals surface area contributed by atoms with Gasteiger partial charge in [-0.2, -0.15) is 0 Å². The summed E-state index contributed by atoms with van der Waals surface area (Å²) in [6.45, 7) is 2.32. The number of phenolic OH excluding ortho intramolecular Hbond substituents is 1. The molecule has 0 aliphatic rings. The number of hydrogen-bond acceptors (Lipinski definition) is 4. The molecule has 0 aliphatic heterocycles. The topological polar surface area (TPSA) is 88.2 Å². The number of pyridine rings is 1. The van der Waals surface area contributed by atoms with Gasteiger partial charge in [0.05, 0.1) is 5.56 Å². The summed E-state index contributed by atoms with van der Waals surface area (Å²) in [7, 11) is 0. The maximum absolute atomic E-state index is 12.0. The Morgan fingerprint density at radius 1 is 1.35 bits per heavy atom. The number of nitrogen functional groups attached to an aromatic ring is 1. The number of hydrogen-bond donors (Lipinski definition) is 3. The fourth-order valence-corrected chi connectivity index (χ4v) is 1.85. The monoisotopic (exact) mass is 271 g/mol. The van der Waals surface area contributed by atoms with Crippen molar-refractivity contribution in [2.24, 2.45) is 0 Å². The summed E-state index contributed by atoms with van der Waals surface area (Å²) in [5.74, 6) is 0.00469. The van der Waals surface area contributed by atoms with Crippen molar-refractivity contribution in [3.8, 4) is 5.75 Å². The molecular weight excluding hydrogens is 254 g/mol. The zero-order valence-electron chi connectivity index (χ0n) is 11.3. The molecule has 5 nitrogen and oxygen atoms in total. The number of nitrogens with zero attached hydrogens (tertiary/aromatic N) is 1. The maximum Gasteiger partial charge on any atom is 0.254 e. The number of nitrogens with two attached hydrogens (primary N) is 1. The van der Waals surface area contributed by atoms with Gasteiger partial charge in [0.2, 0.25) is 0 Å². The highest BCUT2D eigenvalue weighted by molar-refractivity contribution is 5.98. The lowest BCUT2D eigenvalue weighted by Crippen LogP contribution is -2.26. The molecule has 0 radical (unpaired) electrons. The molecule has 1 amide bonds. The molecule has 0 fully saturated rings. The van der Waals surface area contributed by atoms with Crippen LogP contribution in [0.4, 0.5) is 5.69 Å². The molecule has 0 atom stereocenters. The molecule has 5 heteroatoms. The van der Waals surface area contributed by atoms with E-state index in [1.165, 1.54) is 6.20 Å². The van der Waals surface area contributed by atoms with E-state index in [2.05, 4.69) is 10.3 Å². The first-order valence-electron chi connectivity index (χ1n) is 6.34. The fourth-order valence-electron chi connectivity index (χ4n) is 1.85. The second-order valence-corrected chi connectivity index (χ2v) is 4.59. The molecule has 0 spiro atoms. The molecule has 20 heavy (non-hydrogen) atoms. The molecule has 2 rings (SSSR count). The van der Waals surface area contributed by atoms with E-state index >= 15 is 0 Å². The van der Waals surface area contributed by atoms with Gasteiger partial charge in [-0.05, 0) is 37.1 Å². The highest BCUT2D eigenvalue weighted by atomic mass is 16.3. The zero-order chi connectivity index (χ0) is 14.5. The third-order valence-electron chi connectivity index (χ3n) is 2.95. The van der Waals surface area contributed by atoms with Crippen LogP contribution in [0.15, 0.2) is 36.5 Å². The number of phenols is 1. The Morgan fingerprint density at radius 2 is 2.05 bits per heavy atom. The average Bonchev–Trinajstić information content (AvgIpc) is 2.41. The van der Waals surface area contributed by atoms with Crippen LogP contribution in [0.1, 0.15) is 21.6 Å². The number of carbonyl (C=O) groups is 1. The van der Waals surface area contributed by atoms with Crippen molar-refractivity contribution >= 4 is 11.6 Å². The second kappa shape index (κ2) is 6.06. The zero-order valence-corrected chi connectivity index (χ0v) is 11.3. The molecule has 1 heterocycles. The highest BCUT2D eigenvalue weighted by Crippen LogP contribution is 2.12. The molecule has 2 aromatic rings. The molecule has 104 valence electrons. The summed E-state index contributed by atoms with van der Waals surface area (Å²) >= 11 is 0. The number of benzene rings is 1. The van der Waals surface area contributed by atoms with E-state index in [1.54, 1.807) is 18.2 Å². The van der Waals surface area contributed by atoms with Crippen molar-refractivity contribution in [1.82, 2.24) is 10.3 Å². The molecule has 0 saturated carbocycles. The van der Waals surface area contributed by atoms with E-state index in [0.29, 0.717) is 24.2 Å².